The molecule has 7 heteroatoms. The van der Waals surface area contributed by atoms with E-state index in [0.29, 0.717) is 17.2 Å². The van der Waals surface area contributed by atoms with E-state index in [1.807, 2.05) is 43.3 Å². The highest BCUT2D eigenvalue weighted by atomic mass is 16.5. The van der Waals surface area contributed by atoms with Crippen LogP contribution in [0.15, 0.2) is 42.5 Å². The number of urea groups is 1. The van der Waals surface area contributed by atoms with E-state index in [-0.39, 0.29) is 6.54 Å². The van der Waals surface area contributed by atoms with E-state index in [9.17, 15) is 9.90 Å². The molecule has 0 bridgehead atoms. The molecule has 0 aliphatic carbocycles. The van der Waals surface area contributed by atoms with Crippen molar-refractivity contribution in [2.45, 2.75) is 6.10 Å². The van der Waals surface area contributed by atoms with Crippen molar-refractivity contribution in [1.29, 1.82) is 0 Å². The molecule has 0 aliphatic rings. The van der Waals surface area contributed by atoms with Gasteiger partial charge in [0, 0.05) is 38.1 Å². The number of carbonyl (C=O) groups excluding carboxylic acids is 1. The Labute approximate surface area is 153 Å². The van der Waals surface area contributed by atoms with Crippen molar-refractivity contribution in [2.24, 2.45) is 0 Å². The van der Waals surface area contributed by atoms with E-state index in [4.69, 9.17) is 9.47 Å². The molecular weight excluding hydrogens is 334 g/mol. The zero-order chi connectivity index (χ0) is 19.1. The van der Waals surface area contributed by atoms with Crippen molar-refractivity contribution in [3.8, 4) is 11.5 Å². The smallest absolute Gasteiger partial charge is 0.319 e. The maximum atomic E-state index is 12.0. The molecule has 26 heavy (non-hydrogen) atoms. The van der Waals surface area contributed by atoms with Gasteiger partial charge in [-0.2, -0.15) is 0 Å². The van der Waals surface area contributed by atoms with Gasteiger partial charge in [0.1, 0.15) is 0 Å². The predicted octanol–water partition coefficient (Wildman–Crippen LogP) is 2.62. The Bertz CT molecular complexity index is 732. The van der Waals surface area contributed by atoms with Crippen molar-refractivity contribution in [2.75, 3.05) is 45.1 Å². The van der Waals surface area contributed by atoms with E-state index in [0.717, 1.165) is 11.3 Å². The Morgan fingerprint density at radius 3 is 2.31 bits per heavy atom. The molecule has 2 amide bonds. The molecular formula is C19H25N3O4. The van der Waals surface area contributed by atoms with Crippen LogP contribution in [0, 0.1) is 0 Å². The number of methoxy groups -OCH3 is 2. The van der Waals surface area contributed by atoms with E-state index in [1.165, 1.54) is 7.11 Å². The summed E-state index contributed by atoms with van der Waals surface area (Å²) in [6.07, 6.45) is -0.789. The van der Waals surface area contributed by atoms with Gasteiger partial charge in [0.25, 0.3) is 0 Å². The fourth-order valence-corrected chi connectivity index (χ4v) is 2.39. The third-order valence-electron chi connectivity index (χ3n) is 3.89. The Morgan fingerprint density at radius 1 is 1.08 bits per heavy atom. The SMILES string of the molecule is COc1ccc(NC(=O)NCC(O)c2ccc(N(C)C)cc2)cc1OC. The Hall–Kier alpha value is -2.93. The van der Waals surface area contributed by atoms with Gasteiger partial charge >= 0.3 is 6.03 Å². The van der Waals surface area contributed by atoms with Gasteiger partial charge in [-0.15, -0.1) is 0 Å². The standard InChI is InChI=1S/C19H25N3O4/c1-22(2)15-8-5-13(6-9-15)16(23)12-20-19(24)21-14-7-10-17(25-3)18(11-14)26-4/h5-11,16,23H,12H2,1-4H3,(H2,20,21,24). The topological polar surface area (TPSA) is 83.1 Å². The van der Waals surface area contributed by atoms with Crippen LogP contribution in [0.2, 0.25) is 0 Å². The molecule has 2 aromatic carbocycles. The fourth-order valence-electron chi connectivity index (χ4n) is 2.39. The molecule has 0 radical (unpaired) electrons. The van der Waals surface area contributed by atoms with Gasteiger partial charge in [-0.1, -0.05) is 12.1 Å². The molecule has 2 rings (SSSR count). The van der Waals surface area contributed by atoms with Crippen molar-refractivity contribution >= 4 is 17.4 Å². The van der Waals surface area contributed by atoms with Crippen LogP contribution in [0.3, 0.4) is 0 Å². The lowest BCUT2D eigenvalue weighted by Gasteiger charge is -2.16. The summed E-state index contributed by atoms with van der Waals surface area (Å²) in [6.45, 7) is 0.0977. The largest absolute Gasteiger partial charge is 0.493 e. The number of aliphatic hydroxyl groups excluding tert-OH is 1. The number of hydrogen-bond acceptors (Lipinski definition) is 5. The van der Waals surface area contributed by atoms with E-state index in [1.54, 1.807) is 25.3 Å². The maximum absolute atomic E-state index is 12.0. The lowest BCUT2D eigenvalue weighted by molar-refractivity contribution is 0.175. The average molecular weight is 359 g/mol. The molecule has 140 valence electrons. The normalized spacial score (nSPS) is 11.4. The lowest BCUT2D eigenvalue weighted by atomic mass is 10.1. The molecule has 2 aromatic rings. The molecule has 1 atom stereocenters. The number of aliphatic hydroxyl groups is 1. The summed E-state index contributed by atoms with van der Waals surface area (Å²) in [7, 11) is 6.97. The molecule has 0 aliphatic heterocycles. The minimum absolute atomic E-state index is 0.0977. The van der Waals surface area contributed by atoms with Gasteiger partial charge in [-0.05, 0) is 29.8 Å². The third kappa shape index (κ3) is 5.03. The molecule has 0 heterocycles. The number of rotatable bonds is 7. The van der Waals surface area contributed by atoms with Gasteiger partial charge in [0.05, 0.1) is 20.3 Å². The summed E-state index contributed by atoms with van der Waals surface area (Å²) >= 11 is 0. The van der Waals surface area contributed by atoms with Crippen LogP contribution in [0.25, 0.3) is 0 Å². The van der Waals surface area contributed by atoms with E-state index >= 15 is 0 Å². The van der Waals surface area contributed by atoms with Crippen LogP contribution in [0.5, 0.6) is 11.5 Å². The molecule has 3 N–H and O–H groups in total. The minimum atomic E-state index is -0.789. The molecule has 0 spiro atoms. The van der Waals surface area contributed by atoms with E-state index < -0.39 is 12.1 Å². The van der Waals surface area contributed by atoms with Crippen LogP contribution in [0.1, 0.15) is 11.7 Å². The quantitative estimate of drug-likeness (QED) is 0.708. The van der Waals surface area contributed by atoms with Crippen LogP contribution >= 0.6 is 0 Å². The molecule has 1 unspecified atom stereocenters. The van der Waals surface area contributed by atoms with Crippen LogP contribution < -0.4 is 25.0 Å². The first-order valence-corrected chi connectivity index (χ1v) is 8.16. The number of ether oxygens (including phenoxy) is 2. The van der Waals surface area contributed by atoms with Gasteiger partial charge < -0.3 is 30.1 Å². The molecule has 0 aromatic heterocycles. The number of benzene rings is 2. The lowest BCUT2D eigenvalue weighted by Crippen LogP contribution is -2.32. The van der Waals surface area contributed by atoms with Gasteiger partial charge in [-0.25, -0.2) is 4.79 Å². The Kier molecular flexibility index (Phi) is 6.68. The number of nitrogens with zero attached hydrogens (tertiary/aromatic N) is 1. The van der Waals surface area contributed by atoms with Crippen molar-refractivity contribution in [3.05, 3.63) is 48.0 Å². The van der Waals surface area contributed by atoms with Crippen molar-refractivity contribution in [3.63, 3.8) is 0 Å². The first-order chi connectivity index (χ1) is 12.4. The maximum Gasteiger partial charge on any atom is 0.319 e. The highest BCUT2D eigenvalue weighted by molar-refractivity contribution is 5.89. The van der Waals surface area contributed by atoms with Crippen molar-refractivity contribution < 1.29 is 19.4 Å². The van der Waals surface area contributed by atoms with Gasteiger partial charge in [-0.3, -0.25) is 0 Å². The van der Waals surface area contributed by atoms with Gasteiger partial charge in [0.15, 0.2) is 11.5 Å². The fraction of sp³-hybridized carbons (Fsp3) is 0.316. The zero-order valence-corrected chi connectivity index (χ0v) is 15.4. The second-order valence-corrected chi connectivity index (χ2v) is 5.91. The monoisotopic (exact) mass is 359 g/mol. The van der Waals surface area contributed by atoms with Gasteiger partial charge in [0.2, 0.25) is 0 Å². The highest BCUT2D eigenvalue weighted by Gasteiger charge is 2.11. The summed E-state index contributed by atoms with van der Waals surface area (Å²) in [5.74, 6) is 1.10. The molecule has 0 fully saturated rings. The summed E-state index contributed by atoms with van der Waals surface area (Å²) in [4.78, 5) is 14.0. The first-order valence-electron chi connectivity index (χ1n) is 8.16. The van der Waals surface area contributed by atoms with Crippen molar-refractivity contribution in [1.82, 2.24) is 5.32 Å². The summed E-state index contributed by atoms with van der Waals surface area (Å²) in [6, 6.07) is 12.2. The van der Waals surface area contributed by atoms with E-state index in [2.05, 4.69) is 10.6 Å². The second-order valence-electron chi connectivity index (χ2n) is 5.91. The number of nitrogens with one attached hydrogen (secondary N) is 2. The summed E-state index contributed by atoms with van der Waals surface area (Å²) < 4.78 is 10.4. The number of hydrogen-bond donors (Lipinski definition) is 3. The Morgan fingerprint density at radius 2 is 1.73 bits per heavy atom. The summed E-state index contributed by atoms with van der Waals surface area (Å²) in [5.41, 5.74) is 2.34. The van der Waals surface area contributed by atoms with Crippen LogP contribution in [-0.4, -0.2) is 46.0 Å². The molecule has 0 saturated carbocycles. The minimum Gasteiger partial charge on any atom is -0.493 e. The molecule has 0 saturated heterocycles. The molecule has 7 nitrogen and oxygen atoms in total. The first kappa shape index (κ1) is 19.4. The Balaban J connectivity index is 1.90. The van der Waals surface area contributed by atoms with Crippen LogP contribution in [-0.2, 0) is 0 Å². The number of carbonyl (C=O) groups is 1. The second kappa shape index (κ2) is 8.96. The average Bonchev–Trinajstić information content (AvgIpc) is 2.66. The highest BCUT2D eigenvalue weighted by Crippen LogP contribution is 2.29. The summed E-state index contributed by atoms with van der Waals surface area (Å²) in [5, 5.41) is 15.6. The zero-order valence-electron chi connectivity index (χ0n) is 15.4. The third-order valence-corrected chi connectivity index (χ3v) is 3.89. The van der Waals surface area contributed by atoms with Crippen LogP contribution in [0.4, 0.5) is 16.2 Å². The predicted molar refractivity (Wildman–Crippen MR) is 102 cm³/mol. The number of amides is 2. The number of anilines is 2.